The number of nitrogens with zero attached hydrogens (tertiary/aromatic N) is 2. The monoisotopic (exact) mass is 281 g/mol. The van der Waals surface area contributed by atoms with Gasteiger partial charge >= 0.3 is 10.2 Å². The minimum absolute atomic E-state index is 0.233. The quantitative estimate of drug-likeness (QED) is 0.774. The smallest absolute Gasteiger partial charge is 0.302 e. The SMILES string of the molecule is O=S(=O)(Nc1cccc(C#CCO)n1)N1CCCC1. The minimum atomic E-state index is -3.53. The lowest BCUT2D eigenvalue weighted by molar-refractivity contribution is 0.350. The van der Waals surface area contributed by atoms with Gasteiger partial charge in [-0.05, 0) is 30.9 Å². The van der Waals surface area contributed by atoms with Crippen LogP contribution in [-0.2, 0) is 10.2 Å². The highest BCUT2D eigenvalue weighted by Crippen LogP contribution is 2.15. The van der Waals surface area contributed by atoms with Crippen LogP contribution in [0.2, 0.25) is 0 Å². The van der Waals surface area contributed by atoms with Gasteiger partial charge in [-0.2, -0.15) is 12.7 Å². The zero-order chi connectivity index (χ0) is 13.7. The van der Waals surface area contributed by atoms with E-state index in [-0.39, 0.29) is 12.4 Å². The average Bonchev–Trinajstić information content (AvgIpc) is 2.91. The molecular weight excluding hydrogens is 266 g/mol. The van der Waals surface area contributed by atoms with Gasteiger partial charge in [0, 0.05) is 13.1 Å². The van der Waals surface area contributed by atoms with E-state index in [1.54, 1.807) is 18.2 Å². The van der Waals surface area contributed by atoms with Crippen LogP contribution in [0, 0.1) is 11.8 Å². The molecule has 0 aromatic carbocycles. The molecule has 1 aliphatic rings. The summed E-state index contributed by atoms with van der Waals surface area (Å²) in [5, 5.41) is 8.61. The van der Waals surface area contributed by atoms with Crippen molar-refractivity contribution >= 4 is 16.0 Å². The van der Waals surface area contributed by atoms with Gasteiger partial charge in [0.25, 0.3) is 0 Å². The minimum Gasteiger partial charge on any atom is -0.384 e. The van der Waals surface area contributed by atoms with Crippen LogP contribution in [0.15, 0.2) is 18.2 Å². The molecule has 0 atom stereocenters. The van der Waals surface area contributed by atoms with E-state index in [0.717, 1.165) is 12.8 Å². The Balaban J connectivity index is 2.14. The predicted molar refractivity (Wildman–Crippen MR) is 71.6 cm³/mol. The highest BCUT2D eigenvalue weighted by atomic mass is 32.2. The Hall–Kier alpha value is -1.62. The molecule has 0 spiro atoms. The van der Waals surface area contributed by atoms with Crippen LogP contribution in [0.3, 0.4) is 0 Å². The topological polar surface area (TPSA) is 82.5 Å². The van der Waals surface area contributed by atoms with Crippen molar-refractivity contribution in [3.8, 4) is 11.8 Å². The van der Waals surface area contributed by atoms with E-state index < -0.39 is 10.2 Å². The Labute approximate surface area is 112 Å². The van der Waals surface area contributed by atoms with Crippen LogP contribution in [0.25, 0.3) is 0 Å². The maximum atomic E-state index is 12.0. The maximum absolute atomic E-state index is 12.0. The molecule has 19 heavy (non-hydrogen) atoms. The molecule has 0 saturated carbocycles. The van der Waals surface area contributed by atoms with Crippen molar-refractivity contribution in [3.63, 3.8) is 0 Å². The standard InChI is InChI=1S/C12H15N3O3S/c16-10-4-6-11-5-3-7-12(13-11)14-19(17,18)15-8-1-2-9-15/h3,5,7,16H,1-2,8-10H2,(H,13,14). The third-order valence-electron chi connectivity index (χ3n) is 2.68. The zero-order valence-corrected chi connectivity index (χ0v) is 11.2. The summed E-state index contributed by atoms with van der Waals surface area (Å²) in [5.41, 5.74) is 0.413. The second-order valence-electron chi connectivity index (χ2n) is 4.08. The fourth-order valence-corrected chi connectivity index (χ4v) is 3.06. The molecule has 6 nitrogen and oxygen atoms in total. The summed E-state index contributed by atoms with van der Waals surface area (Å²) in [7, 11) is -3.53. The fourth-order valence-electron chi connectivity index (χ4n) is 1.82. The molecule has 0 amide bonds. The molecule has 0 unspecified atom stereocenters. The number of anilines is 1. The molecule has 1 fully saturated rings. The summed E-state index contributed by atoms with van der Waals surface area (Å²) in [5.74, 6) is 5.33. The highest BCUT2D eigenvalue weighted by Gasteiger charge is 2.25. The number of rotatable bonds is 3. The van der Waals surface area contributed by atoms with Gasteiger partial charge < -0.3 is 5.11 Å². The molecule has 0 aliphatic carbocycles. The number of aliphatic hydroxyl groups is 1. The summed E-state index contributed by atoms with van der Waals surface area (Å²) in [6.07, 6.45) is 1.77. The summed E-state index contributed by atoms with van der Waals surface area (Å²) in [6.45, 7) is 0.824. The highest BCUT2D eigenvalue weighted by molar-refractivity contribution is 7.90. The maximum Gasteiger partial charge on any atom is 0.302 e. The van der Waals surface area contributed by atoms with E-state index in [1.807, 2.05) is 0 Å². The number of hydrogen-bond donors (Lipinski definition) is 2. The van der Waals surface area contributed by atoms with Crippen LogP contribution >= 0.6 is 0 Å². The molecule has 2 rings (SSSR count). The summed E-state index contributed by atoms with van der Waals surface area (Å²) < 4.78 is 27.9. The van der Waals surface area contributed by atoms with E-state index in [2.05, 4.69) is 21.5 Å². The third-order valence-corrected chi connectivity index (χ3v) is 4.20. The van der Waals surface area contributed by atoms with Gasteiger partial charge in [0.1, 0.15) is 18.1 Å². The van der Waals surface area contributed by atoms with Gasteiger partial charge in [-0.1, -0.05) is 12.0 Å². The lowest BCUT2D eigenvalue weighted by Crippen LogP contribution is -2.33. The average molecular weight is 281 g/mol. The molecule has 1 saturated heterocycles. The number of hydrogen-bond acceptors (Lipinski definition) is 4. The van der Waals surface area contributed by atoms with Crippen molar-refractivity contribution in [1.82, 2.24) is 9.29 Å². The second kappa shape index (κ2) is 6.02. The Bertz CT molecular complexity index is 598. The van der Waals surface area contributed by atoms with Crippen molar-refractivity contribution in [1.29, 1.82) is 0 Å². The van der Waals surface area contributed by atoms with Gasteiger partial charge in [0.05, 0.1) is 0 Å². The largest absolute Gasteiger partial charge is 0.384 e. The van der Waals surface area contributed by atoms with Crippen LogP contribution in [0.4, 0.5) is 5.82 Å². The molecule has 2 heterocycles. The summed E-state index contributed by atoms with van der Waals surface area (Å²) in [4.78, 5) is 4.07. The molecule has 2 N–H and O–H groups in total. The van der Waals surface area contributed by atoms with Gasteiger partial charge in [0.2, 0.25) is 0 Å². The van der Waals surface area contributed by atoms with Gasteiger partial charge in [-0.3, -0.25) is 4.72 Å². The summed E-state index contributed by atoms with van der Waals surface area (Å²) in [6, 6.07) is 4.88. The Morgan fingerprint density at radius 1 is 1.37 bits per heavy atom. The van der Waals surface area contributed by atoms with E-state index in [9.17, 15) is 8.42 Å². The van der Waals surface area contributed by atoms with E-state index in [1.165, 1.54) is 4.31 Å². The molecular formula is C12H15N3O3S. The van der Waals surface area contributed by atoms with Crippen molar-refractivity contribution in [3.05, 3.63) is 23.9 Å². The van der Waals surface area contributed by atoms with Crippen molar-refractivity contribution < 1.29 is 13.5 Å². The first-order chi connectivity index (χ1) is 9.12. The fraction of sp³-hybridized carbons (Fsp3) is 0.417. The first-order valence-electron chi connectivity index (χ1n) is 5.96. The van der Waals surface area contributed by atoms with Crippen LogP contribution in [0.5, 0.6) is 0 Å². The molecule has 1 aromatic rings. The molecule has 1 aromatic heterocycles. The van der Waals surface area contributed by atoms with Crippen LogP contribution in [0.1, 0.15) is 18.5 Å². The molecule has 0 bridgehead atoms. The molecule has 0 radical (unpaired) electrons. The van der Waals surface area contributed by atoms with Crippen LogP contribution in [-0.4, -0.2) is 42.5 Å². The zero-order valence-electron chi connectivity index (χ0n) is 10.3. The number of pyridine rings is 1. The lowest BCUT2D eigenvalue weighted by atomic mass is 10.3. The Kier molecular flexibility index (Phi) is 4.37. The first kappa shape index (κ1) is 13.8. The molecule has 7 heteroatoms. The third kappa shape index (κ3) is 3.67. The van der Waals surface area contributed by atoms with Gasteiger partial charge in [0.15, 0.2) is 0 Å². The lowest BCUT2D eigenvalue weighted by Gasteiger charge is -2.16. The second-order valence-corrected chi connectivity index (χ2v) is 5.75. The summed E-state index contributed by atoms with van der Waals surface area (Å²) >= 11 is 0. The Morgan fingerprint density at radius 3 is 2.79 bits per heavy atom. The number of aromatic nitrogens is 1. The van der Waals surface area contributed by atoms with Crippen LogP contribution < -0.4 is 4.72 Å². The van der Waals surface area contributed by atoms with E-state index >= 15 is 0 Å². The Morgan fingerprint density at radius 2 is 2.11 bits per heavy atom. The van der Waals surface area contributed by atoms with E-state index in [0.29, 0.717) is 18.8 Å². The van der Waals surface area contributed by atoms with Crippen molar-refractivity contribution in [2.24, 2.45) is 0 Å². The number of nitrogens with one attached hydrogen (secondary N) is 1. The van der Waals surface area contributed by atoms with Gasteiger partial charge in [-0.15, -0.1) is 0 Å². The first-order valence-corrected chi connectivity index (χ1v) is 7.40. The molecule has 1 aliphatic heterocycles. The van der Waals surface area contributed by atoms with E-state index in [4.69, 9.17) is 5.11 Å². The predicted octanol–water partition coefficient (Wildman–Crippen LogP) is 0.178. The van der Waals surface area contributed by atoms with Gasteiger partial charge in [-0.25, -0.2) is 4.98 Å². The van der Waals surface area contributed by atoms with Crippen molar-refractivity contribution in [2.45, 2.75) is 12.8 Å². The number of aliphatic hydroxyl groups excluding tert-OH is 1. The van der Waals surface area contributed by atoms with Crippen molar-refractivity contribution in [2.75, 3.05) is 24.4 Å². The normalized spacial score (nSPS) is 15.8. The molecule has 102 valence electrons.